The summed E-state index contributed by atoms with van der Waals surface area (Å²) in [6, 6.07) is 4.45. The molecule has 10 heteroatoms. The Balaban J connectivity index is 1.81. The topological polar surface area (TPSA) is 134 Å². The summed E-state index contributed by atoms with van der Waals surface area (Å²) in [6.07, 6.45) is -0.957. The summed E-state index contributed by atoms with van der Waals surface area (Å²) < 4.78 is 25.9. The van der Waals surface area contributed by atoms with Crippen molar-refractivity contribution in [3.8, 4) is 11.4 Å². The Hall–Kier alpha value is -3.79. The largest absolute Gasteiger partial charge is 0.458 e. The highest BCUT2D eigenvalue weighted by atomic mass is 19.1. The van der Waals surface area contributed by atoms with Crippen LogP contribution in [0.3, 0.4) is 0 Å². The SMILES string of the molecule is CC[C@@]1(O)C(=O)OCc2c1cc1n(c2=O)Cc2c-1nc1cc(F)c(C)cc1c2COC(N)=O. The van der Waals surface area contributed by atoms with E-state index >= 15 is 0 Å². The minimum Gasteiger partial charge on any atom is -0.458 e. The van der Waals surface area contributed by atoms with Crippen LogP contribution in [0.1, 0.15) is 41.2 Å². The number of hydrogen-bond donors (Lipinski definition) is 2. The number of halogens is 1. The predicted molar refractivity (Wildman–Crippen MR) is 114 cm³/mol. The van der Waals surface area contributed by atoms with Crippen LogP contribution in [0.25, 0.3) is 22.3 Å². The fourth-order valence-electron chi connectivity index (χ4n) is 4.60. The highest BCUT2D eigenvalue weighted by Gasteiger charge is 2.45. The molecular formula is C23H20FN3O6. The van der Waals surface area contributed by atoms with Crippen molar-refractivity contribution in [3.63, 3.8) is 0 Å². The molecule has 170 valence electrons. The minimum atomic E-state index is -1.96. The smallest absolute Gasteiger partial charge is 0.404 e. The number of primary amides is 1. The first-order chi connectivity index (χ1) is 15.7. The number of carbonyl (C=O) groups excluding carboxylic acids is 2. The quantitative estimate of drug-likeness (QED) is 0.454. The molecular weight excluding hydrogens is 433 g/mol. The third-order valence-electron chi connectivity index (χ3n) is 6.44. The molecule has 33 heavy (non-hydrogen) atoms. The van der Waals surface area contributed by atoms with Crippen molar-refractivity contribution >= 4 is 23.0 Å². The molecule has 0 fully saturated rings. The van der Waals surface area contributed by atoms with Crippen LogP contribution in [0.5, 0.6) is 0 Å². The van der Waals surface area contributed by atoms with Crippen LogP contribution in [0.4, 0.5) is 9.18 Å². The zero-order valence-electron chi connectivity index (χ0n) is 17.9. The van der Waals surface area contributed by atoms with Gasteiger partial charge < -0.3 is 24.9 Å². The van der Waals surface area contributed by atoms with E-state index in [9.17, 15) is 23.9 Å². The number of nitrogens with two attached hydrogens (primary N) is 1. The lowest BCUT2D eigenvalue weighted by molar-refractivity contribution is -0.172. The zero-order chi connectivity index (χ0) is 23.7. The Kier molecular flexibility index (Phi) is 4.54. The molecule has 2 aromatic heterocycles. The van der Waals surface area contributed by atoms with Crippen molar-refractivity contribution in [2.24, 2.45) is 5.73 Å². The van der Waals surface area contributed by atoms with Gasteiger partial charge in [-0.15, -0.1) is 0 Å². The van der Waals surface area contributed by atoms with Gasteiger partial charge >= 0.3 is 12.1 Å². The average molecular weight is 453 g/mol. The number of aryl methyl sites for hydroxylation is 1. The molecule has 4 heterocycles. The van der Waals surface area contributed by atoms with Gasteiger partial charge in [0.25, 0.3) is 5.56 Å². The molecule has 0 saturated carbocycles. The molecule has 0 spiro atoms. The van der Waals surface area contributed by atoms with E-state index in [4.69, 9.17) is 15.2 Å². The first-order valence-electron chi connectivity index (χ1n) is 10.4. The lowest BCUT2D eigenvalue weighted by Crippen LogP contribution is -2.44. The molecule has 2 aliphatic rings. The lowest BCUT2D eigenvalue weighted by Gasteiger charge is -2.31. The van der Waals surface area contributed by atoms with E-state index in [1.165, 1.54) is 10.6 Å². The average Bonchev–Trinajstić information content (AvgIpc) is 3.14. The number of esters is 1. The molecule has 0 unspecified atom stereocenters. The molecule has 0 saturated heterocycles. The first-order valence-corrected chi connectivity index (χ1v) is 10.4. The summed E-state index contributed by atoms with van der Waals surface area (Å²) in [7, 11) is 0. The van der Waals surface area contributed by atoms with Crippen LogP contribution in [-0.4, -0.2) is 26.7 Å². The number of ether oxygens (including phenoxy) is 2. The maximum atomic E-state index is 14.3. The number of fused-ring (bicyclic) bond motifs is 5. The summed E-state index contributed by atoms with van der Waals surface area (Å²) in [5.74, 6) is -1.28. The summed E-state index contributed by atoms with van der Waals surface area (Å²) in [5.41, 5.74) is 5.77. The number of amides is 1. The summed E-state index contributed by atoms with van der Waals surface area (Å²) in [4.78, 5) is 41.6. The highest BCUT2D eigenvalue weighted by molar-refractivity contribution is 5.89. The van der Waals surface area contributed by atoms with E-state index in [1.54, 1.807) is 26.0 Å². The third kappa shape index (κ3) is 2.94. The fraction of sp³-hybridized carbons (Fsp3) is 0.304. The molecule has 5 rings (SSSR count). The maximum absolute atomic E-state index is 14.3. The Bertz CT molecular complexity index is 1450. The number of rotatable bonds is 3. The highest BCUT2D eigenvalue weighted by Crippen LogP contribution is 2.40. The Labute approximate surface area is 186 Å². The van der Waals surface area contributed by atoms with Gasteiger partial charge in [-0.25, -0.2) is 19.0 Å². The second kappa shape index (κ2) is 7.11. The number of pyridine rings is 2. The first kappa shape index (κ1) is 21.1. The van der Waals surface area contributed by atoms with Crippen LogP contribution in [0.15, 0.2) is 23.0 Å². The van der Waals surface area contributed by atoms with Gasteiger partial charge in [0.15, 0.2) is 5.60 Å². The molecule has 1 amide bonds. The second-order valence-corrected chi connectivity index (χ2v) is 8.25. The van der Waals surface area contributed by atoms with E-state index in [0.29, 0.717) is 39.0 Å². The Morgan fingerprint density at radius 3 is 2.79 bits per heavy atom. The van der Waals surface area contributed by atoms with Crippen molar-refractivity contribution in [2.45, 2.75) is 45.6 Å². The number of aliphatic hydroxyl groups is 1. The molecule has 3 aromatic rings. The van der Waals surface area contributed by atoms with E-state index in [1.807, 2.05) is 0 Å². The Morgan fingerprint density at radius 2 is 2.09 bits per heavy atom. The van der Waals surface area contributed by atoms with E-state index in [-0.39, 0.29) is 37.3 Å². The number of benzene rings is 1. The number of aromatic nitrogens is 2. The lowest BCUT2D eigenvalue weighted by atomic mass is 9.86. The van der Waals surface area contributed by atoms with Crippen molar-refractivity contribution in [3.05, 3.63) is 62.2 Å². The van der Waals surface area contributed by atoms with Gasteiger partial charge in [-0.1, -0.05) is 6.92 Å². The van der Waals surface area contributed by atoms with E-state index in [0.717, 1.165) is 0 Å². The molecule has 9 nitrogen and oxygen atoms in total. The fourth-order valence-corrected chi connectivity index (χ4v) is 4.60. The summed E-state index contributed by atoms with van der Waals surface area (Å²) in [6.45, 7) is 2.90. The predicted octanol–water partition coefficient (Wildman–Crippen LogP) is 2.12. The van der Waals surface area contributed by atoms with Gasteiger partial charge in [-0.2, -0.15) is 0 Å². The molecule has 0 aliphatic carbocycles. The zero-order valence-corrected chi connectivity index (χ0v) is 17.9. The number of carbonyl (C=O) groups is 2. The standard InChI is InChI=1S/C23H20FN3O6/c1-3-23(31)15-5-18-19-12(7-27(18)20(28)14(15)9-32-21(23)29)13(8-33-22(25)30)11-4-10(2)16(24)6-17(11)26-19/h4-6,31H,3,7-9H2,1-2H3,(H2,25,30)/t23-/m0/s1. The van der Waals surface area contributed by atoms with Crippen LogP contribution in [0, 0.1) is 12.7 Å². The monoisotopic (exact) mass is 453 g/mol. The number of cyclic esters (lactones) is 1. The molecule has 0 bridgehead atoms. The van der Waals surface area contributed by atoms with Crippen molar-refractivity contribution in [2.75, 3.05) is 0 Å². The summed E-state index contributed by atoms with van der Waals surface area (Å²) in [5, 5.41) is 11.6. The van der Waals surface area contributed by atoms with Gasteiger partial charge in [-0.3, -0.25) is 4.79 Å². The second-order valence-electron chi connectivity index (χ2n) is 8.25. The van der Waals surface area contributed by atoms with Crippen LogP contribution in [-0.2, 0) is 39.6 Å². The minimum absolute atomic E-state index is 0.0158. The van der Waals surface area contributed by atoms with Gasteiger partial charge in [0.1, 0.15) is 19.0 Å². The maximum Gasteiger partial charge on any atom is 0.404 e. The number of hydrogen-bond acceptors (Lipinski definition) is 7. The van der Waals surface area contributed by atoms with Gasteiger partial charge in [0, 0.05) is 28.1 Å². The van der Waals surface area contributed by atoms with Gasteiger partial charge in [0.2, 0.25) is 0 Å². The molecule has 1 aromatic carbocycles. The van der Waals surface area contributed by atoms with Crippen molar-refractivity contribution in [1.29, 1.82) is 0 Å². The van der Waals surface area contributed by atoms with Crippen LogP contribution < -0.4 is 11.3 Å². The van der Waals surface area contributed by atoms with Crippen LogP contribution >= 0.6 is 0 Å². The van der Waals surface area contributed by atoms with E-state index in [2.05, 4.69) is 4.98 Å². The normalized spacial score (nSPS) is 18.5. The van der Waals surface area contributed by atoms with Crippen molar-refractivity contribution < 1.29 is 28.6 Å². The van der Waals surface area contributed by atoms with E-state index < -0.39 is 29.0 Å². The molecule has 2 aliphatic heterocycles. The van der Waals surface area contributed by atoms with Crippen LogP contribution in [0.2, 0.25) is 0 Å². The number of nitrogens with zero attached hydrogens (tertiary/aromatic N) is 2. The summed E-state index contributed by atoms with van der Waals surface area (Å²) >= 11 is 0. The van der Waals surface area contributed by atoms with Gasteiger partial charge in [-0.05, 0) is 31.0 Å². The van der Waals surface area contributed by atoms with Gasteiger partial charge in [0.05, 0.1) is 29.0 Å². The molecule has 3 N–H and O–H groups in total. The van der Waals surface area contributed by atoms with Crippen molar-refractivity contribution in [1.82, 2.24) is 9.55 Å². The third-order valence-corrected chi connectivity index (χ3v) is 6.44. The molecule has 1 atom stereocenters. The Morgan fingerprint density at radius 1 is 1.33 bits per heavy atom. The molecule has 0 radical (unpaired) electrons.